The average molecular weight is 371 g/mol. The number of carbonyl (C=O) groups is 1. The van der Waals surface area contributed by atoms with Crippen molar-refractivity contribution >= 4 is 22.6 Å². The third kappa shape index (κ3) is 3.40. The van der Waals surface area contributed by atoms with E-state index in [9.17, 15) is 18.4 Å². The number of anilines is 1. The van der Waals surface area contributed by atoms with E-state index in [2.05, 4.69) is 5.32 Å². The number of carbonyl (C=O) groups excluding carboxylic acids is 1. The Bertz CT molecular complexity index is 1110. The zero-order valence-corrected chi connectivity index (χ0v) is 14.2. The molecule has 1 aliphatic carbocycles. The van der Waals surface area contributed by atoms with Crippen LogP contribution in [-0.2, 0) is 17.6 Å². The molecule has 0 saturated heterocycles. The number of hydrogen-bond donors (Lipinski definition) is 1. The minimum atomic E-state index is -0.871. The molecule has 1 N–H and O–H groups in total. The van der Waals surface area contributed by atoms with E-state index in [1.165, 1.54) is 0 Å². The van der Waals surface area contributed by atoms with Crippen molar-refractivity contribution in [1.82, 2.24) is 0 Å². The molecule has 5 nitrogen and oxygen atoms in total. The molecule has 0 atom stereocenters. The van der Waals surface area contributed by atoms with Crippen molar-refractivity contribution in [3.8, 4) is 5.75 Å². The Hall–Kier alpha value is -3.22. The summed E-state index contributed by atoms with van der Waals surface area (Å²) in [5.74, 6) is -1.86. The lowest BCUT2D eigenvalue weighted by molar-refractivity contribution is -0.118. The lowest BCUT2D eigenvalue weighted by Gasteiger charge is -2.09. The monoisotopic (exact) mass is 371 g/mol. The van der Waals surface area contributed by atoms with E-state index in [4.69, 9.17) is 9.15 Å². The first-order valence-corrected chi connectivity index (χ1v) is 8.47. The van der Waals surface area contributed by atoms with Crippen LogP contribution in [0.4, 0.5) is 14.5 Å². The van der Waals surface area contributed by atoms with Gasteiger partial charge in [-0.2, -0.15) is 0 Å². The Kier molecular flexibility index (Phi) is 4.35. The van der Waals surface area contributed by atoms with E-state index in [0.717, 1.165) is 47.9 Å². The largest absolute Gasteiger partial charge is 0.484 e. The molecule has 138 valence electrons. The topological polar surface area (TPSA) is 68.5 Å². The fraction of sp³-hybridized carbons (Fsp3) is 0.200. The second kappa shape index (κ2) is 6.83. The number of nitrogens with one attached hydrogen (secondary N) is 1. The zero-order chi connectivity index (χ0) is 19.0. The molecule has 1 aromatic heterocycles. The van der Waals surface area contributed by atoms with Crippen LogP contribution >= 0.6 is 0 Å². The minimum Gasteiger partial charge on any atom is -0.484 e. The Balaban J connectivity index is 1.48. The van der Waals surface area contributed by atoms with Gasteiger partial charge in [0, 0.05) is 23.1 Å². The van der Waals surface area contributed by atoms with Crippen LogP contribution in [0.5, 0.6) is 5.75 Å². The summed E-state index contributed by atoms with van der Waals surface area (Å²) in [5, 5.41) is 3.18. The van der Waals surface area contributed by atoms with Gasteiger partial charge in [0.1, 0.15) is 23.0 Å². The molecule has 1 amide bonds. The predicted molar refractivity (Wildman–Crippen MR) is 95.0 cm³/mol. The van der Waals surface area contributed by atoms with Crippen LogP contribution in [0.15, 0.2) is 45.6 Å². The Morgan fingerprint density at radius 2 is 1.93 bits per heavy atom. The molecule has 0 aliphatic heterocycles. The van der Waals surface area contributed by atoms with Gasteiger partial charge in [-0.25, -0.2) is 13.6 Å². The lowest BCUT2D eigenvalue weighted by Crippen LogP contribution is -2.20. The summed E-state index contributed by atoms with van der Waals surface area (Å²) in [6.07, 6.45) is 2.49. The van der Waals surface area contributed by atoms with Crippen molar-refractivity contribution in [1.29, 1.82) is 0 Å². The van der Waals surface area contributed by atoms with Gasteiger partial charge < -0.3 is 14.5 Å². The first-order valence-electron chi connectivity index (χ1n) is 8.47. The van der Waals surface area contributed by atoms with Gasteiger partial charge in [0.2, 0.25) is 0 Å². The van der Waals surface area contributed by atoms with Gasteiger partial charge in [0.25, 0.3) is 5.91 Å². The fourth-order valence-electron chi connectivity index (χ4n) is 3.28. The Morgan fingerprint density at radius 3 is 2.74 bits per heavy atom. The molecule has 7 heteroatoms. The second-order valence-corrected chi connectivity index (χ2v) is 6.32. The molecule has 0 spiro atoms. The first-order chi connectivity index (χ1) is 13.0. The van der Waals surface area contributed by atoms with Gasteiger partial charge in [-0.15, -0.1) is 0 Å². The molecule has 3 aromatic rings. The molecule has 1 aliphatic rings. The zero-order valence-electron chi connectivity index (χ0n) is 14.2. The third-order valence-electron chi connectivity index (χ3n) is 4.52. The predicted octanol–water partition coefficient (Wildman–Crippen LogP) is 3.58. The van der Waals surface area contributed by atoms with Crippen LogP contribution in [0.1, 0.15) is 17.5 Å². The summed E-state index contributed by atoms with van der Waals surface area (Å²) in [5.41, 5.74) is 1.68. The van der Waals surface area contributed by atoms with Crippen molar-refractivity contribution in [3.05, 3.63) is 69.6 Å². The highest BCUT2D eigenvalue weighted by Crippen LogP contribution is 2.29. The van der Waals surface area contributed by atoms with Gasteiger partial charge >= 0.3 is 5.63 Å². The van der Waals surface area contributed by atoms with Crippen molar-refractivity contribution < 1.29 is 22.7 Å². The molecule has 0 radical (unpaired) electrons. The quantitative estimate of drug-likeness (QED) is 0.712. The van der Waals surface area contributed by atoms with E-state index < -0.39 is 17.5 Å². The summed E-state index contributed by atoms with van der Waals surface area (Å²) in [4.78, 5) is 24.0. The number of rotatable bonds is 4. The minimum absolute atomic E-state index is 0.134. The van der Waals surface area contributed by atoms with Crippen LogP contribution < -0.4 is 15.7 Å². The maximum atomic E-state index is 13.6. The van der Waals surface area contributed by atoms with E-state index >= 15 is 0 Å². The highest BCUT2D eigenvalue weighted by molar-refractivity contribution is 5.92. The van der Waals surface area contributed by atoms with E-state index in [0.29, 0.717) is 17.4 Å². The highest BCUT2D eigenvalue weighted by atomic mass is 19.1. The fourth-order valence-corrected chi connectivity index (χ4v) is 3.28. The van der Waals surface area contributed by atoms with Gasteiger partial charge in [-0.3, -0.25) is 4.79 Å². The summed E-state index contributed by atoms with van der Waals surface area (Å²) in [6.45, 7) is -0.377. The normalized spacial score (nSPS) is 12.8. The van der Waals surface area contributed by atoms with Crippen LogP contribution in [0.3, 0.4) is 0 Å². The van der Waals surface area contributed by atoms with Crippen LogP contribution in [0, 0.1) is 11.6 Å². The number of ether oxygens (including phenoxy) is 1. The number of benzene rings is 2. The number of aryl methyl sites for hydroxylation is 1. The van der Waals surface area contributed by atoms with Gasteiger partial charge in [0.05, 0.1) is 5.69 Å². The SMILES string of the molecule is O=C(COc1ccc2c3c(c(=O)oc2c1)CCC3)Nc1ccc(F)cc1F. The molecule has 0 fully saturated rings. The number of hydrogen-bond acceptors (Lipinski definition) is 4. The number of halogens is 2. The highest BCUT2D eigenvalue weighted by Gasteiger charge is 2.19. The van der Waals surface area contributed by atoms with Crippen molar-refractivity contribution in [2.45, 2.75) is 19.3 Å². The summed E-state index contributed by atoms with van der Waals surface area (Å²) >= 11 is 0. The molecule has 27 heavy (non-hydrogen) atoms. The summed E-state index contributed by atoms with van der Waals surface area (Å²) < 4.78 is 37.2. The summed E-state index contributed by atoms with van der Waals surface area (Å²) in [6, 6.07) is 7.90. The molecule has 1 heterocycles. The number of fused-ring (bicyclic) bond motifs is 3. The van der Waals surface area contributed by atoms with E-state index in [1.807, 2.05) is 0 Å². The van der Waals surface area contributed by atoms with E-state index in [-0.39, 0.29) is 17.9 Å². The van der Waals surface area contributed by atoms with Gasteiger partial charge in [-0.1, -0.05) is 0 Å². The first kappa shape index (κ1) is 17.2. The maximum Gasteiger partial charge on any atom is 0.339 e. The lowest BCUT2D eigenvalue weighted by atomic mass is 10.1. The number of amides is 1. The van der Waals surface area contributed by atoms with Crippen LogP contribution in [0.2, 0.25) is 0 Å². The smallest absolute Gasteiger partial charge is 0.339 e. The van der Waals surface area contributed by atoms with Gasteiger partial charge in [-0.05, 0) is 49.1 Å². The maximum absolute atomic E-state index is 13.6. The third-order valence-corrected chi connectivity index (χ3v) is 4.52. The Labute approximate surface area is 152 Å². The summed E-state index contributed by atoms with van der Waals surface area (Å²) in [7, 11) is 0. The second-order valence-electron chi connectivity index (χ2n) is 6.32. The average Bonchev–Trinajstić information content (AvgIpc) is 3.13. The Morgan fingerprint density at radius 1 is 1.11 bits per heavy atom. The van der Waals surface area contributed by atoms with Crippen LogP contribution in [0.25, 0.3) is 11.0 Å². The molecule has 2 aromatic carbocycles. The molecular formula is C20H15F2NO4. The molecule has 4 rings (SSSR count). The van der Waals surface area contributed by atoms with E-state index in [1.54, 1.807) is 18.2 Å². The van der Waals surface area contributed by atoms with Gasteiger partial charge in [0.15, 0.2) is 6.61 Å². The standard InChI is InChI=1S/C20H15F2NO4/c21-11-4-7-17(16(22)8-11)23-19(24)10-26-12-5-6-14-13-2-1-3-15(13)20(25)27-18(14)9-12/h4-9H,1-3,10H2,(H,23,24). The van der Waals surface area contributed by atoms with Crippen molar-refractivity contribution in [2.24, 2.45) is 0 Å². The van der Waals surface area contributed by atoms with Crippen molar-refractivity contribution in [3.63, 3.8) is 0 Å². The van der Waals surface area contributed by atoms with Crippen molar-refractivity contribution in [2.75, 3.05) is 11.9 Å². The molecule has 0 saturated carbocycles. The van der Waals surface area contributed by atoms with Crippen LogP contribution in [-0.4, -0.2) is 12.5 Å². The molecule has 0 bridgehead atoms. The molecular weight excluding hydrogens is 356 g/mol. The molecule has 0 unspecified atom stereocenters.